The average molecular weight is 471 g/mol. The Hall–Kier alpha value is -3.39. The van der Waals surface area contributed by atoms with Gasteiger partial charge in [-0.1, -0.05) is 0 Å². The van der Waals surface area contributed by atoms with Gasteiger partial charge in [-0.2, -0.15) is 0 Å². The van der Waals surface area contributed by atoms with Crippen LogP contribution in [-0.2, 0) is 13.6 Å². The number of ether oxygens (including phenoxy) is 1. The Kier molecular flexibility index (Phi) is 4.52. The lowest BCUT2D eigenvalue weighted by Crippen LogP contribution is -2.41. The second-order valence-electron chi connectivity index (χ2n) is 10.5. The maximum Gasteiger partial charge on any atom is 0.254 e. The van der Waals surface area contributed by atoms with Crippen LogP contribution in [0.15, 0.2) is 36.5 Å². The number of rotatable bonds is 5. The standard InChI is InChI=1S/C27H30N6O2/c1-31-24-19(10-18(12-22(24)35-2)27(34)33-14-17-7-8-20(33)23(17)28)30-26(31)21-11-16-4-3-9-29-25(16)32(21)13-15-5-6-15/h3-4,9-12,15,17,20,23H,5-8,13-14,28H2,1-2H3/t17?,20?,23-/m0/s1. The summed E-state index contributed by atoms with van der Waals surface area (Å²) in [5.41, 5.74) is 10.7. The average Bonchev–Trinajstić information content (AvgIpc) is 3.27. The number of carbonyl (C=O) groups excluding carboxylic acids is 1. The van der Waals surface area contributed by atoms with Gasteiger partial charge in [0.2, 0.25) is 0 Å². The van der Waals surface area contributed by atoms with Gasteiger partial charge >= 0.3 is 0 Å². The van der Waals surface area contributed by atoms with Crippen LogP contribution in [0.25, 0.3) is 33.6 Å². The Morgan fingerprint density at radius 3 is 2.77 bits per heavy atom. The van der Waals surface area contributed by atoms with E-state index in [0.717, 1.165) is 59.5 Å². The fourth-order valence-corrected chi connectivity index (χ4v) is 6.28. The first-order valence-electron chi connectivity index (χ1n) is 12.6. The van der Waals surface area contributed by atoms with Crippen molar-refractivity contribution in [3.05, 3.63) is 42.1 Å². The van der Waals surface area contributed by atoms with E-state index >= 15 is 0 Å². The number of nitrogens with two attached hydrogens (primary N) is 1. The Morgan fingerprint density at radius 1 is 1.20 bits per heavy atom. The molecule has 4 heterocycles. The summed E-state index contributed by atoms with van der Waals surface area (Å²) < 4.78 is 10.2. The van der Waals surface area contributed by atoms with Crippen LogP contribution in [0.3, 0.4) is 0 Å². The number of piperidine rings is 1. The number of likely N-dealkylation sites (tertiary alicyclic amines) is 1. The fraction of sp³-hybridized carbons (Fsp3) is 0.444. The summed E-state index contributed by atoms with van der Waals surface area (Å²) in [4.78, 5) is 25.2. The Morgan fingerprint density at radius 2 is 2.06 bits per heavy atom. The van der Waals surface area contributed by atoms with Gasteiger partial charge in [0.1, 0.15) is 16.9 Å². The van der Waals surface area contributed by atoms with Gasteiger partial charge in [-0.25, -0.2) is 9.97 Å². The number of nitrogens with zero attached hydrogens (tertiary/aromatic N) is 5. The number of carbonyl (C=O) groups is 1. The van der Waals surface area contributed by atoms with E-state index in [-0.39, 0.29) is 18.0 Å². The summed E-state index contributed by atoms with van der Waals surface area (Å²) in [5, 5.41) is 1.11. The topological polar surface area (TPSA) is 91.2 Å². The monoisotopic (exact) mass is 470 g/mol. The van der Waals surface area contributed by atoms with Crippen molar-refractivity contribution in [2.75, 3.05) is 13.7 Å². The van der Waals surface area contributed by atoms with Gasteiger partial charge in [-0.05, 0) is 67.9 Å². The van der Waals surface area contributed by atoms with Crippen LogP contribution in [0.1, 0.15) is 36.0 Å². The number of pyridine rings is 1. The highest BCUT2D eigenvalue weighted by Crippen LogP contribution is 2.40. The van der Waals surface area contributed by atoms with Crippen molar-refractivity contribution in [3.8, 4) is 17.3 Å². The largest absolute Gasteiger partial charge is 0.494 e. The van der Waals surface area contributed by atoms with E-state index in [4.69, 9.17) is 15.5 Å². The van der Waals surface area contributed by atoms with Gasteiger partial charge in [0.15, 0.2) is 5.82 Å². The van der Waals surface area contributed by atoms with Crippen molar-refractivity contribution in [2.45, 2.75) is 44.3 Å². The predicted octanol–water partition coefficient (Wildman–Crippen LogP) is 3.57. The van der Waals surface area contributed by atoms with Gasteiger partial charge in [0.25, 0.3) is 5.91 Å². The van der Waals surface area contributed by atoms with Crippen molar-refractivity contribution < 1.29 is 9.53 Å². The molecule has 8 nitrogen and oxygen atoms in total. The minimum atomic E-state index is 0.0205. The van der Waals surface area contributed by atoms with Crippen molar-refractivity contribution in [1.29, 1.82) is 0 Å². The van der Waals surface area contributed by atoms with E-state index in [2.05, 4.69) is 26.3 Å². The van der Waals surface area contributed by atoms with Crippen LogP contribution in [0.5, 0.6) is 5.75 Å². The Bertz CT molecular complexity index is 1480. The Balaban J connectivity index is 1.35. The number of hydrogen-bond acceptors (Lipinski definition) is 5. The predicted molar refractivity (Wildman–Crippen MR) is 134 cm³/mol. The molecule has 0 radical (unpaired) electrons. The lowest BCUT2D eigenvalue weighted by Gasteiger charge is -2.27. The molecule has 1 saturated heterocycles. The molecule has 3 atom stereocenters. The van der Waals surface area contributed by atoms with Gasteiger partial charge in [0, 0.05) is 49.4 Å². The van der Waals surface area contributed by atoms with E-state index in [1.165, 1.54) is 12.8 Å². The van der Waals surface area contributed by atoms with Crippen LogP contribution in [-0.4, -0.2) is 55.6 Å². The third-order valence-electron chi connectivity index (χ3n) is 8.34. The summed E-state index contributed by atoms with van der Waals surface area (Å²) in [7, 11) is 3.66. The zero-order chi connectivity index (χ0) is 23.8. The molecule has 1 aliphatic heterocycles. The van der Waals surface area contributed by atoms with Crippen LogP contribution >= 0.6 is 0 Å². The number of benzene rings is 1. The first kappa shape index (κ1) is 20.9. The Labute approximate surface area is 203 Å². The molecule has 7 rings (SSSR count). The second-order valence-corrected chi connectivity index (χ2v) is 10.5. The molecule has 35 heavy (non-hydrogen) atoms. The highest BCUT2D eigenvalue weighted by molar-refractivity contribution is 6.00. The molecule has 1 amide bonds. The molecule has 180 valence electrons. The SMILES string of the molecule is COc1cc(C(=O)N2CC3CCC2[C@H]3N)cc2nc(-c3cc4cccnc4n3CC3CC3)n(C)c12. The fourth-order valence-electron chi connectivity index (χ4n) is 6.28. The van der Waals surface area contributed by atoms with E-state index in [1.807, 2.05) is 36.3 Å². The highest BCUT2D eigenvalue weighted by atomic mass is 16.5. The smallest absolute Gasteiger partial charge is 0.254 e. The highest BCUT2D eigenvalue weighted by Gasteiger charge is 2.47. The molecular weight excluding hydrogens is 440 g/mol. The van der Waals surface area contributed by atoms with E-state index < -0.39 is 0 Å². The zero-order valence-corrected chi connectivity index (χ0v) is 20.1. The first-order chi connectivity index (χ1) is 17.0. The number of aryl methyl sites for hydroxylation is 1. The van der Waals surface area contributed by atoms with E-state index in [1.54, 1.807) is 7.11 Å². The molecule has 2 bridgehead atoms. The number of imidazole rings is 1. The lowest BCUT2D eigenvalue weighted by atomic mass is 10.1. The molecule has 2 N–H and O–H groups in total. The number of amides is 1. The molecule has 3 aliphatic rings. The number of fused-ring (bicyclic) bond motifs is 4. The molecule has 0 spiro atoms. The quantitative estimate of drug-likeness (QED) is 0.482. The summed E-state index contributed by atoms with van der Waals surface area (Å²) in [6.07, 6.45) is 6.48. The van der Waals surface area contributed by atoms with Gasteiger partial charge in [-0.3, -0.25) is 4.79 Å². The normalized spacial score (nSPS) is 23.6. The van der Waals surface area contributed by atoms with Crippen molar-refractivity contribution in [3.63, 3.8) is 0 Å². The molecule has 2 saturated carbocycles. The lowest BCUT2D eigenvalue weighted by molar-refractivity contribution is 0.0700. The third kappa shape index (κ3) is 3.12. The summed E-state index contributed by atoms with van der Waals surface area (Å²) >= 11 is 0. The molecule has 3 fully saturated rings. The van der Waals surface area contributed by atoms with Crippen molar-refractivity contribution >= 4 is 28.0 Å². The van der Waals surface area contributed by atoms with Crippen LogP contribution < -0.4 is 10.5 Å². The number of hydrogen-bond donors (Lipinski definition) is 1. The zero-order valence-electron chi connectivity index (χ0n) is 20.1. The third-order valence-corrected chi connectivity index (χ3v) is 8.34. The first-order valence-corrected chi connectivity index (χ1v) is 12.6. The minimum absolute atomic E-state index is 0.0205. The van der Waals surface area contributed by atoms with Crippen LogP contribution in [0, 0.1) is 11.8 Å². The van der Waals surface area contributed by atoms with E-state index in [9.17, 15) is 4.79 Å². The summed E-state index contributed by atoms with van der Waals surface area (Å²) in [6, 6.07) is 10.2. The maximum absolute atomic E-state index is 13.5. The number of methoxy groups -OCH3 is 1. The molecule has 1 aromatic carbocycles. The molecule has 3 aromatic heterocycles. The molecule has 2 unspecified atom stereocenters. The van der Waals surface area contributed by atoms with Crippen molar-refractivity contribution in [2.24, 2.45) is 24.6 Å². The van der Waals surface area contributed by atoms with Gasteiger partial charge in [0.05, 0.1) is 18.3 Å². The minimum Gasteiger partial charge on any atom is -0.494 e. The molecule has 2 aliphatic carbocycles. The van der Waals surface area contributed by atoms with Gasteiger partial charge < -0.3 is 24.5 Å². The summed E-state index contributed by atoms with van der Waals surface area (Å²) in [5.74, 6) is 2.64. The van der Waals surface area contributed by atoms with Crippen molar-refractivity contribution in [1.82, 2.24) is 24.0 Å². The molecule has 4 aromatic rings. The van der Waals surface area contributed by atoms with Crippen LogP contribution in [0.4, 0.5) is 0 Å². The number of aromatic nitrogens is 4. The second kappa shape index (κ2) is 7.55. The molecular formula is C27H30N6O2. The van der Waals surface area contributed by atoms with Gasteiger partial charge in [-0.15, -0.1) is 0 Å². The van der Waals surface area contributed by atoms with E-state index in [0.29, 0.717) is 23.1 Å². The maximum atomic E-state index is 13.5. The molecule has 8 heteroatoms. The summed E-state index contributed by atoms with van der Waals surface area (Å²) in [6.45, 7) is 1.68. The van der Waals surface area contributed by atoms with Crippen LogP contribution in [0.2, 0.25) is 0 Å².